The minimum atomic E-state index is -0.880. The van der Waals surface area contributed by atoms with Crippen molar-refractivity contribution in [3.63, 3.8) is 0 Å². The van der Waals surface area contributed by atoms with E-state index in [9.17, 15) is 9.59 Å². The van der Waals surface area contributed by atoms with Crippen molar-refractivity contribution in [2.24, 2.45) is 0 Å². The van der Waals surface area contributed by atoms with Gasteiger partial charge in [-0.2, -0.15) is 0 Å². The Kier molecular flexibility index (Phi) is 10.8. The first kappa shape index (κ1) is 39.9. The molecule has 0 spiro atoms. The maximum Gasteiger partial charge on any atom is 0.347 e. The standard InChI is InChI=1S/C54H44N2O8/c57-53-45-43-38-25-13-15-27-40(38)55-47(43)48-44(46(45)54(58)64-53)39-26-14-16-28-41(39)56(48)52-51(62-32-37-23-11-4-12-24-37)50(61-31-36-21-9-3-10-22-36)49(60-30-35-19-7-2-8-20-35)42(63-52)33-59-29-34-17-5-1-6-18-34/h1-28,42,49-52,55H,29-33H2/t42-,49-,50+,51-,52-/m1/s1. The number of hydrogen-bond donors (Lipinski definition) is 1. The summed E-state index contributed by atoms with van der Waals surface area (Å²) in [5, 5.41) is 2.75. The van der Waals surface area contributed by atoms with Crippen LogP contribution in [0.25, 0.3) is 43.6 Å². The molecule has 2 aromatic heterocycles. The lowest BCUT2D eigenvalue weighted by Gasteiger charge is -2.47. The van der Waals surface area contributed by atoms with Crippen molar-refractivity contribution >= 4 is 55.6 Å². The number of cyclic esters (lactones) is 2. The van der Waals surface area contributed by atoms with Crippen molar-refractivity contribution in [3.05, 3.63) is 203 Å². The zero-order valence-electron chi connectivity index (χ0n) is 34.8. The van der Waals surface area contributed by atoms with Gasteiger partial charge >= 0.3 is 11.9 Å². The van der Waals surface area contributed by atoms with Crippen molar-refractivity contribution in [1.29, 1.82) is 0 Å². The van der Waals surface area contributed by atoms with Gasteiger partial charge in [-0.05, 0) is 34.4 Å². The van der Waals surface area contributed by atoms with E-state index in [1.165, 1.54) is 0 Å². The highest BCUT2D eigenvalue weighted by Crippen LogP contribution is 2.48. The fourth-order valence-electron chi connectivity index (χ4n) is 9.42. The number of hydrogen-bond acceptors (Lipinski definition) is 8. The second-order valence-corrected chi connectivity index (χ2v) is 16.3. The van der Waals surface area contributed by atoms with Gasteiger partial charge in [0.2, 0.25) is 0 Å². The Labute approximate surface area is 368 Å². The third kappa shape index (κ3) is 7.35. The van der Waals surface area contributed by atoms with Crippen LogP contribution in [0.15, 0.2) is 170 Å². The van der Waals surface area contributed by atoms with Crippen LogP contribution in [0.4, 0.5) is 0 Å². The summed E-state index contributed by atoms with van der Waals surface area (Å²) in [4.78, 5) is 31.3. The molecule has 7 aromatic carbocycles. The number of benzene rings is 7. The first-order valence-corrected chi connectivity index (χ1v) is 21.6. The Bertz CT molecular complexity index is 3110. The normalized spacial score (nSPS) is 19.8. The van der Waals surface area contributed by atoms with Gasteiger partial charge in [0.25, 0.3) is 0 Å². The van der Waals surface area contributed by atoms with E-state index < -0.39 is 42.6 Å². The second-order valence-electron chi connectivity index (χ2n) is 16.3. The van der Waals surface area contributed by atoms with Crippen LogP contribution in [0, 0.1) is 0 Å². The summed E-state index contributed by atoms with van der Waals surface area (Å²) in [6.45, 7) is 1.32. The lowest BCUT2D eigenvalue weighted by molar-refractivity contribution is -0.288. The zero-order valence-corrected chi connectivity index (χ0v) is 34.8. The Morgan fingerprint density at radius 1 is 0.500 bits per heavy atom. The van der Waals surface area contributed by atoms with Crippen LogP contribution in [-0.2, 0) is 54.8 Å². The van der Waals surface area contributed by atoms with Crippen molar-refractivity contribution in [1.82, 2.24) is 9.55 Å². The number of nitrogens with zero attached hydrogens (tertiary/aromatic N) is 1. The predicted molar refractivity (Wildman–Crippen MR) is 244 cm³/mol. The monoisotopic (exact) mass is 848 g/mol. The second kappa shape index (κ2) is 17.3. The fourth-order valence-corrected chi connectivity index (χ4v) is 9.42. The molecule has 9 aromatic rings. The van der Waals surface area contributed by atoms with Gasteiger partial charge in [0.1, 0.15) is 24.4 Å². The Balaban J connectivity index is 1.13. The zero-order chi connectivity index (χ0) is 43.0. The fraction of sp³-hybridized carbons (Fsp3) is 0.185. The van der Waals surface area contributed by atoms with Gasteiger partial charge in [-0.3, -0.25) is 0 Å². The quantitative estimate of drug-likeness (QED) is 0.0851. The Morgan fingerprint density at radius 3 is 1.59 bits per heavy atom. The lowest BCUT2D eigenvalue weighted by atomic mass is 9.95. The number of nitrogens with one attached hydrogen (secondary N) is 1. The summed E-state index contributed by atoms with van der Waals surface area (Å²) >= 11 is 0. The maximum absolute atomic E-state index is 14.0. The molecule has 318 valence electrons. The SMILES string of the molecule is O=C1OC(=O)c2c1c1c3ccccc3[nH]c1c1c2c2ccccc2n1[C@@H]1O[C@H](COCc2ccccc2)[C@@H](OCc2ccccc2)[C@H](OCc2ccccc2)[C@H]1OCc1ccccc1. The highest BCUT2D eigenvalue weighted by molar-refractivity contribution is 6.36. The molecule has 0 amide bonds. The van der Waals surface area contributed by atoms with Crippen molar-refractivity contribution in [2.75, 3.05) is 6.61 Å². The highest BCUT2D eigenvalue weighted by Gasteiger charge is 2.50. The number of rotatable bonds is 14. The van der Waals surface area contributed by atoms with E-state index in [0.717, 1.165) is 44.1 Å². The Hall–Kier alpha value is -6.92. The minimum Gasteiger partial charge on any atom is -0.386 e. The third-order valence-electron chi connectivity index (χ3n) is 12.3. The molecule has 1 fully saturated rings. The smallest absolute Gasteiger partial charge is 0.347 e. The van der Waals surface area contributed by atoms with Crippen LogP contribution >= 0.6 is 0 Å². The molecular weight excluding hydrogens is 805 g/mol. The van der Waals surface area contributed by atoms with Crippen molar-refractivity contribution in [3.8, 4) is 0 Å². The third-order valence-corrected chi connectivity index (χ3v) is 12.3. The average Bonchev–Trinajstić information content (AvgIpc) is 3.99. The predicted octanol–water partition coefficient (Wildman–Crippen LogP) is 10.6. The van der Waals surface area contributed by atoms with Crippen LogP contribution < -0.4 is 0 Å². The lowest BCUT2D eigenvalue weighted by Crippen LogP contribution is -2.59. The summed E-state index contributed by atoms with van der Waals surface area (Å²) in [6, 6.07) is 55.8. The summed E-state index contributed by atoms with van der Waals surface area (Å²) in [5.41, 5.74) is 7.38. The molecule has 0 radical (unpaired) electrons. The topological polar surface area (TPSA) is 110 Å². The highest BCUT2D eigenvalue weighted by atomic mass is 16.6. The van der Waals surface area contributed by atoms with Crippen LogP contribution in [0.2, 0.25) is 0 Å². The summed E-state index contributed by atoms with van der Waals surface area (Å²) < 4.78 is 42.8. The van der Waals surface area contributed by atoms with Gasteiger partial charge in [0.15, 0.2) is 6.23 Å². The molecule has 0 saturated carbocycles. The molecule has 1 saturated heterocycles. The average molecular weight is 849 g/mol. The first-order valence-electron chi connectivity index (χ1n) is 21.6. The van der Waals surface area contributed by atoms with Gasteiger partial charge in [-0.25, -0.2) is 9.59 Å². The molecule has 64 heavy (non-hydrogen) atoms. The van der Waals surface area contributed by atoms with E-state index in [1.54, 1.807) is 0 Å². The number of ether oxygens (including phenoxy) is 6. The number of esters is 2. The van der Waals surface area contributed by atoms with Crippen LogP contribution in [0.3, 0.4) is 0 Å². The minimum absolute atomic E-state index is 0.163. The van der Waals surface area contributed by atoms with Crippen LogP contribution in [0.5, 0.6) is 0 Å². The van der Waals surface area contributed by atoms with Gasteiger partial charge in [0.05, 0.1) is 60.7 Å². The molecule has 4 heterocycles. The van der Waals surface area contributed by atoms with E-state index in [4.69, 9.17) is 28.4 Å². The van der Waals surface area contributed by atoms with E-state index >= 15 is 0 Å². The molecule has 11 rings (SSSR count). The molecule has 0 bridgehead atoms. The van der Waals surface area contributed by atoms with Gasteiger partial charge in [-0.15, -0.1) is 0 Å². The number of aromatic amines is 1. The van der Waals surface area contributed by atoms with E-state index in [-0.39, 0.29) is 30.9 Å². The summed E-state index contributed by atoms with van der Waals surface area (Å²) in [6.07, 6.45) is -3.74. The molecule has 2 aliphatic heterocycles. The van der Waals surface area contributed by atoms with Crippen molar-refractivity contribution in [2.45, 2.75) is 57.1 Å². The van der Waals surface area contributed by atoms with Crippen LogP contribution in [-0.4, -0.2) is 52.5 Å². The molecular formula is C54H44N2O8. The molecule has 2 aliphatic rings. The van der Waals surface area contributed by atoms with E-state index in [1.807, 2.05) is 170 Å². The van der Waals surface area contributed by atoms with E-state index in [2.05, 4.69) is 9.55 Å². The van der Waals surface area contributed by atoms with Gasteiger partial charge in [-0.1, -0.05) is 158 Å². The molecule has 10 heteroatoms. The molecule has 5 atom stereocenters. The molecule has 1 N–H and O–H groups in total. The molecule has 0 unspecified atom stereocenters. The number of fused-ring (bicyclic) bond motifs is 10. The largest absolute Gasteiger partial charge is 0.386 e. The number of H-pyrrole nitrogens is 1. The summed E-state index contributed by atoms with van der Waals surface area (Å²) in [7, 11) is 0. The maximum atomic E-state index is 14.0. The molecule has 0 aliphatic carbocycles. The van der Waals surface area contributed by atoms with Gasteiger partial charge < -0.3 is 38.0 Å². The molecule has 10 nitrogen and oxygen atoms in total. The van der Waals surface area contributed by atoms with Crippen molar-refractivity contribution < 1.29 is 38.0 Å². The number of carbonyl (C=O) groups excluding carboxylic acids is 2. The first-order chi connectivity index (χ1) is 31.6. The number of aromatic nitrogens is 2. The number of para-hydroxylation sites is 2. The van der Waals surface area contributed by atoms with Crippen LogP contribution in [0.1, 0.15) is 49.2 Å². The van der Waals surface area contributed by atoms with Gasteiger partial charge in [0, 0.05) is 27.1 Å². The number of carbonyl (C=O) groups is 2. The van der Waals surface area contributed by atoms with E-state index in [0.29, 0.717) is 35.0 Å². The summed E-state index contributed by atoms with van der Waals surface area (Å²) in [5.74, 6) is -1.36. The Morgan fingerprint density at radius 2 is 0.984 bits per heavy atom.